The van der Waals surface area contributed by atoms with E-state index in [0.717, 1.165) is 11.8 Å². The van der Waals surface area contributed by atoms with Crippen LogP contribution in [0.5, 0.6) is 17.2 Å². The number of hydrogen-bond donors (Lipinski definition) is 1. The Balaban J connectivity index is 1.49. The summed E-state index contributed by atoms with van der Waals surface area (Å²) in [5, 5.41) is 2.59. The highest BCUT2D eigenvalue weighted by Gasteiger charge is 2.14. The summed E-state index contributed by atoms with van der Waals surface area (Å²) in [7, 11) is 0. The van der Waals surface area contributed by atoms with Crippen LogP contribution in [0.1, 0.15) is 17.3 Å². The fourth-order valence-electron chi connectivity index (χ4n) is 2.55. The van der Waals surface area contributed by atoms with Crippen molar-refractivity contribution in [3.63, 3.8) is 0 Å². The first-order chi connectivity index (χ1) is 14.5. The maximum absolute atomic E-state index is 13.5. The molecule has 0 fully saturated rings. The Morgan fingerprint density at radius 3 is 2.10 bits per heavy atom. The van der Waals surface area contributed by atoms with Crippen molar-refractivity contribution in [2.24, 2.45) is 0 Å². The Labute approximate surface area is 173 Å². The van der Waals surface area contributed by atoms with E-state index in [-0.39, 0.29) is 5.56 Å². The van der Waals surface area contributed by atoms with E-state index in [4.69, 9.17) is 14.2 Å². The van der Waals surface area contributed by atoms with Gasteiger partial charge in [-0.25, -0.2) is 9.18 Å². The highest BCUT2D eigenvalue weighted by Crippen LogP contribution is 2.25. The van der Waals surface area contributed by atoms with Crippen LogP contribution in [-0.4, -0.2) is 25.1 Å². The molecule has 1 N–H and O–H groups in total. The summed E-state index contributed by atoms with van der Waals surface area (Å²) < 4.78 is 29.5. The number of rotatable bonds is 8. The van der Waals surface area contributed by atoms with Gasteiger partial charge in [0.05, 0.1) is 12.2 Å². The predicted octanol–water partition coefficient (Wildman–Crippen LogP) is 4.81. The van der Waals surface area contributed by atoms with Crippen molar-refractivity contribution in [2.45, 2.75) is 6.92 Å². The third-order valence-corrected chi connectivity index (χ3v) is 3.94. The Morgan fingerprint density at radius 2 is 1.47 bits per heavy atom. The number of ether oxygens (including phenoxy) is 3. The maximum atomic E-state index is 13.5. The molecule has 154 valence electrons. The SMILES string of the molecule is CCOc1ccc(Oc2ccc(NC(=O)COC(=O)c3ccccc3F)cc2)cc1. The lowest BCUT2D eigenvalue weighted by Crippen LogP contribution is -2.21. The molecule has 6 nitrogen and oxygen atoms in total. The van der Waals surface area contributed by atoms with Crippen LogP contribution >= 0.6 is 0 Å². The summed E-state index contributed by atoms with van der Waals surface area (Å²) in [6.45, 7) is 1.98. The lowest BCUT2D eigenvalue weighted by molar-refractivity contribution is -0.119. The highest BCUT2D eigenvalue weighted by molar-refractivity contribution is 5.95. The average molecular weight is 409 g/mol. The third-order valence-electron chi connectivity index (χ3n) is 3.94. The number of carbonyl (C=O) groups is 2. The molecule has 0 heterocycles. The van der Waals surface area contributed by atoms with Gasteiger partial charge in [-0.2, -0.15) is 0 Å². The van der Waals surface area contributed by atoms with E-state index in [0.29, 0.717) is 23.8 Å². The number of amides is 1. The lowest BCUT2D eigenvalue weighted by Gasteiger charge is -2.09. The largest absolute Gasteiger partial charge is 0.494 e. The number of benzene rings is 3. The first-order valence-corrected chi connectivity index (χ1v) is 9.27. The lowest BCUT2D eigenvalue weighted by atomic mass is 10.2. The summed E-state index contributed by atoms with van der Waals surface area (Å²) in [5.74, 6) is -0.148. The van der Waals surface area contributed by atoms with E-state index >= 15 is 0 Å². The molecule has 0 aliphatic rings. The Kier molecular flexibility index (Phi) is 7.00. The fraction of sp³-hybridized carbons (Fsp3) is 0.130. The zero-order valence-corrected chi connectivity index (χ0v) is 16.3. The molecule has 3 rings (SSSR count). The van der Waals surface area contributed by atoms with E-state index < -0.39 is 24.3 Å². The number of esters is 1. The zero-order chi connectivity index (χ0) is 21.3. The fourth-order valence-corrected chi connectivity index (χ4v) is 2.55. The van der Waals surface area contributed by atoms with Crippen molar-refractivity contribution < 1.29 is 28.2 Å². The summed E-state index contributed by atoms with van der Waals surface area (Å²) in [5.41, 5.74) is 0.280. The van der Waals surface area contributed by atoms with E-state index in [1.807, 2.05) is 19.1 Å². The quantitative estimate of drug-likeness (QED) is 0.541. The van der Waals surface area contributed by atoms with Crippen molar-refractivity contribution in [1.82, 2.24) is 0 Å². The van der Waals surface area contributed by atoms with Crippen LogP contribution in [0.4, 0.5) is 10.1 Å². The molecule has 0 aliphatic heterocycles. The van der Waals surface area contributed by atoms with Crippen LogP contribution in [0, 0.1) is 5.82 Å². The topological polar surface area (TPSA) is 73.9 Å². The molecule has 0 unspecified atom stereocenters. The second-order valence-electron chi connectivity index (χ2n) is 6.14. The van der Waals surface area contributed by atoms with Crippen molar-refractivity contribution in [2.75, 3.05) is 18.5 Å². The minimum absolute atomic E-state index is 0.221. The van der Waals surface area contributed by atoms with Crippen LogP contribution in [0.25, 0.3) is 0 Å². The molecule has 0 radical (unpaired) electrons. The van der Waals surface area contributed by atoms with Crippen molar-refractivity contribution >= 4 is 17.6 Å². The smallest absolute Gasteiger partial charge is 0.341 e. The minimum atomic E-state index is -0.901. The second kappa shape index (κ2) is 10.1. The van der Waals surface area contributed by atoms with Gasteiger partial charge >= 0.3 is 5.97 Å². The van der Waals surface area contributed by atoms with Gasteiger partial charge in [0, 0.05) is 5.69 Å². The molecule has 1 amide bonds. The molecule has 0 saturated heterocycles. The van der Waals surface area contributed by atoms with Crippen LogP contribution < -0.4 is 14.8 Å². The van der Waals surface area contributed by atoms with E-state index in [1.54, 1.807) is 36.4 Å². The molecule has 0 spiro atoms. The molecule has 0 saturated carbocycles. The number of nitrogens with one attached hydrogen (secondary N) is 1. The Bertz CT molecular complexity index is 1000. The van der Waals surface area contributed by atoms with Crippen LogP contribution in [-0.2, 0) is 9.53 Å². The molecular formula is C23H20FNO5. The first-order valence-electron chi connectivity index (χ1n) is 9.27. The predicted molar refractivity (Wildman–Crippen MR) is 109 cm³/mol. The normalized spacial score (nSPS) is 10.2. The van der Waals surface area contributed by atoms with Gasteiger partial charge in [0.1, 0.15) is 23.1 Å². The van der Waals surface area contributed by atoms with Crippen molar-refractivity contribution in [1.29, 1.82) is 0 Å². The number of carbonyl (C=O) groups excluding carboxylic acids is 2. The Hall–Kier alpha value is -3.87. The maximum Gasteiger partial charge on any atom is 0.341 e. The van der Waals surface area contributed by atoms with Crippen molar-refractivity contribution in [3.8, 4) is 17.2 Å². The van der Waals surface area contributed by atoms with E-state index in [9.17, 15) is 14.0 Å². The molecular weight excluding hydrogens is 389 g/mol. The van der Waals surface area contributed by atoms with Gasteiger partial charge in [-0.3, -0.25) is 4.79 Å². The number of halogens is 1. The number of anilines is 1. The number of hydrogen-bond acceptors (Lipinski definition) is 5. The molecule has 3 aromatic carbocycles. The van der Waals surface area contributed by atoms with Crippen LogP contribution in [0.15, 0.2) is 72.8 Å². The summed E-state index contributed by atoms with van der Waals surface area (Å²) >= 11 is 0. The standard InChI is InChI=1S/C23H20FNO5/c1-2-28-17-11-13-19(14-12-17)30-18-9-7-16(8-10-18)25-22(26)15-29-23(27)20-5-3-4-6-21(20)24/h3-14H,2,15H2,1H3,(H,25,26). The third kappa shape index (κ3) is 5.81. The van der Waals surface area contributed by atoms with Gasteiger partial charge in [-0.05, 0) is 67.6 Å². The summed E-state index contributed by atoms with van der Waals surface area (Å²) in [6, 6.07) is 19.3. The molecule has 0 bridgehead atoms. The summed E-state index contributed by atoms with van der Waals surface area (Å²) in [6.07, 6.45) is 0. The minimum Gasteiger partial charge on any atom is -0.494 e. The average Bonchev–Trinajstić information content (AvgIpc) is 2.75. The monoisotopic (exact) mass is 409 g/mol. The van der Waals surface area contributed by atoms with Gasteiger partial charge in [-0.1, -0.05) is 12.1 Å². The molecule has 0 aliphatic carbocycles. The molecule has 0 atom stereocenters. The molecule has 30 heavy (non-hydrogen) atoms. The van der Waals surface area contributed by atoms with Crippen LogP contribution in [0.3, 0.4) is 0 Å². The second-order valence-corrected chi connectivity index (χ2v) is 6.14. The van der Waals surface area contributed by atoms with E-state index in [2.05, 4.69) is 5.32 Å². The van der Waals surface area contributed by atoms with E-state index in [1.165, 1.54) is 18.2 Å². The Morgan fingerprint density at radius 1 is 0.867 bits per heavy atom. The van der Waals surface area contributed by atoms with Gasteiger partial charge in [0.2, 0.25) is 0 Å². The highest BCUT2D eigenvalue weighted by atomic mass is 19.1. The van der Waals surface area contributed by atoms with Gasteiger partial charge in [0.15, 0.2) is 6.61 Å². The van der Waals surface area contributed by atoms with Gasteiger partial charge < -0.3 is 19.5 Å². The van der Waals surface area contributed by atoms with Gasteiger partial charge in [0.25, 0.3) is 5.91 Å². The zero-order valence-electron chi connectivity index (χ0n) is 16.3. The summed E-state index contributed by atoms with van der Waals surface area (Å²) in [4.78, 5) is 23.8. The van der Waals surface area contributed by atoms with Gasteiger partial charge in [-0.15, -0.1) is 0 Å². The molecule has 0 aromatic heterocycles. The molecule has 3 aromatic rings. The first kappa shape index (κ1) is 20.9. The van der Waals surface area contributed by atoms with Crippen LogP contribution in [0.2, 0.25) is 0 Å². The molecule has 7 heteroatoms. The van der Waals surface area contributed by atoms with Crippen molar-refractivity contribution in [3.05, 3.63) is 84.2 Å².